The molecule has 0 saturated carbocycles. The molecule has 0 saturated heterocycles. The van der Waals surface area contributed by atoms with Gasteiger partial charge in [0.1, 0.15) is 11.3 Å². The summed E-state index contributed by atoms with van der Waals surface area (Å²) < 4.78 is 0. The number of carbonyl (C=O) groups excluding carboxylic acids is 2. The second kappa shape index (κ2) is 15.0. The quantitative estimate of drug-likeness (QED) is 0.0851. The molecule has 2 N–H and O–H groups in total. The molecule has 0 fully saturated rings. The molecule has 4 nitrogen and oxygen atoms in total. The molecule has 190 valence electrons. The molecule has 0 aliphatic heterocycles. The van der Waals surface area contributed by atoms with Crippen molar-refractivity contribution in [1.82, 2.24) is 0 Å². The van der Waals surface area contributed by atoms with Crippen molar-refractivity contribution in [2.75, 3.05) is 0 Å². The van der Waals surface area contributed by atoms with Gasteiger partial charge in [-0.2, -0.15) is 0 Å². The van der Waals surface area contributed by atoms with Crippen molar-refractivity contribution in [1.29, 1.82) is 0 Å². The molecule has 5 heteroatoms. The van der Waals surface area contributed by atoms with E-state index in [-0.39, 0.29) is 35.7 Å². The Balaban J connectivity index is 3.37. The predicted octanol–water partition coefficient (Wildman–Crippen LogP) is 8.34. The SMILES string of the molecule is CC(C)CCC(=O)/C(C(=O)CCc1cccc(Cl)c1)=C(O)\C(CCC(C)C)=C(\O)CCC(C)C. The number of carbonyl (C=O) groups is 2. The van der Waals surface area contributed by atoms with Gasteiger partial charge in [0, 0.05) is 29.9 Å². The van der Waals surface area contributed by atoms with Crippen molar-refractivity contribution in [3.63, 3.8) is 0 Å². The number of halogens is 1. The largest absolute Gasteiger partial charge is 0.512 e. The maximum atomic E-state index is 13.3. The molecule has 0 aliphatic rings. The molecule has 0 amide bonds. The van der Waals surface area contributed by atoms with E-state index in [0.29, 0.717) is 54.0 Å². The first kappa shape index (κ1) is 30.0. The van der Waals surface area contributed by atoms with Gasteiger partial charge >= 0.3 is 0 Å². The third-order valence-corrected chi connectivity index (χ3v) is 6.07. The van der Waals surface area contributed by atoms with Crippen molar-refractivity contribution in [2.24, 2.45) is 17.8 Å². The predicted molar refractivity (Wildman–Crippen MR) is 141 cm³/mol. The number of Topliss-reactive ketones (excluding diaryl/α,β-unsaturated/α-hetero) is 2. The van der Waals surface area contributed by atoms with Crippen LogP contribution in [0.4, 0.5) is 0 Å². The van der Waals surface area contributed by atoms with Crippen LogP contribution >= 0.6 is 11.6 Å². The topological polar surface area (TPSA) is 74.6 Å². The summed E-state index contributed by atoms with van der Waals surface area (Å²) in [7, 11) is 0. The maximum Gasteiger partial charge on any atom is 0.170 e. The van der Waals surface area contributed by atoms with Gasteiger partial charge in [0.25, 0.3) is 0 Å². The zero-order chi connectivity index (χ0) is 25.8. The van der Waals surface area contributed by atoms with E-state index in [2.05, 4.69) is 27.7 Å². The van der Waals surface area contributed by atoms with E-state index in [9.17, 15) is 19.8 Å². The van der Waals surface area contributed by atoms with E-state index in [1.807, 2.05) is 26.0 Å². The third kappa shape index (κ3) is 10.9. The van der Waals surface area contributed by atoms with E-state index in [1.165, 1.54) is 0 Å². The number of aliphatic hydroxyl groups is 2. The van der Waals surface area contributed by atoms with Crippen LogP contribution in [0.2, 0.25) is 5.02 Å². The Morgan fingerprint density at radius 2 is 1.32 bits per heavy atom. The summed E-state index contributed by atoms with van der Waals surface area (Å²) in [6.45, 7) is 12.3. The molecule has 1 aromatic rings. The van der Waals surface area contributed by atoms with E-state index < -0.39 is 5.78 Å². The molecular weight excluding hydrogens is 448 g/mol. The Kier molecular flexibility index (Phi) is 13.2. The molecule has 0 heterocycles. The van der Waals surface area contributed by atoms with E-state index in [1.54, 1.807) is 12.1 Å². The highest BCUT2D eigenvalue weighted by Gasteiger charge is 2.26. The minimum absolute atomic E-state index is 0.0728. The molecule has 0 radical (unpaired) electrons. The Hall–Kier alpha value is -2.07. The lowest BCUT2D eigenvalue weighted by Gasteiger charge is -2.17. The second-order valence-electron chi connectivity index (χ2n) is 10.4. The molecule has 0 unspecified atom stereocenters. The van der Waals surface area contributed by atoms with Crippen LogP contribution in [0, 0.1) is 17.8 Å². The van der Waals surface area contributed by atoms with E-state index in [0.717, 1.165) is 18.4 Å². The monoisotopic (exact) mass is 490 g/mol. The fourth-order valence-corrected chi connectivity index (χ4v) is 3.81. The van der Waals surface area contributed by atoms with Gasteiger partial charge in [0.2, 0.25) is 0 Å². The number of rotatable bonds is 15. The van der Waals surface area contributed by atoms with Gasteiger partial charge in [-0.25, -0.2) is 0 Å². The van der Waals surface area contributed by atoms with Crippen LogP contribution in [-0.2, 0) is 16.0 Å². The molecule has 1 aromatic carbocycles. The third-order valence-electron chi connectivity index (χ3n) is 5.84. The minimum Gasteiger partial charge on any atom is -0.512 e. The first-order valence-corrected chi connectivity index (χ1v) is 13.0. The van der Waals surface area contributed by atoms with Crippen LogP contribution < -0.4 is 0 Å². The molecule has 0 atom stereocenters. The highest BCUT2D eigenvalue weighted by molar-refractivity contribution is 6.30. The number of allylic oxidation sites excluding steroid dienone is 3. The van der Waals surface area contributed by atoms with Crippen molar-refractivity contribution in [2.45, 2.75) is 92.9 Å². The van der Waals surface area contributed by atoms with Crippen molar-refractivity contribution in [3.05, 3.63) is 57.5 Å². The van der Waals surface area contributed by atoms with Gasteiger partial charge < -0.3 is 10.2 Å². The maximum absolute atomic E-state index is 13.3. The summed E-state index contributed by atoms with van der Waals surface area (Å²) >= 11 is 6.06. The van der Waals surface area contributed by atoms with E-state index in [4.69, 9.17) is 11.6 Å². The van der Waals surface area contributed by atoms with Crippen LogP contribution in [0.25, 0.3) is 0 Å². The first-order chi connectivity index (χ1) is 15.9. The molecule has 0 bridgehead atoms. The molecule has 0 aromatic heterocycles. The van der Waals surface area contributed by atoms with Gasteiger partial charge in [0.05, 0.1) is 5.76 Å². The van der Waals surface area contributed by atoms with Crippen molar-refractivity contribution in [3.8, 4) is 0 Å². The van der Waals surface area contributed by atoms with Gasteiger partial charge in [-0.1, -0.05) is 65.3 Å². The number of benzene rings is 1. The number of aryl methyl sites for hydroxylation is 1. The summed E-state index contributed by atoms with van der Waals surface area (Å²) in [4.78, 5) is 26.4. The lowest BCUT2D eigenvalue weighted by molar-refractivity contribution is -0.121. The van der Waals surface area contributed by atoms with Crippen LogP contribution in [0.1, 0.15) is 92.1 Å². The Morgan fingerprint density at radius 3 is 1.88 bits per heavy atom. The molecule has 1 rings (SSSR count). The number of hydrogen-bond acceptors (Lipinski definition) is 4. The van der Waals surface area contributed by atoms with Crippen LogP contribution in [0.15, 0.2) is 46.9 Å². The first-order valence-electron chi connectivity index (χ1n) is 12.6. The average Bonchev–Trinajstić information content (AvgIpc) is 2.75. The lowest BCUT2D eigenvalue weighted by Crippen LogP contribution is -2.18. The molecule has 34 heavy (non-hydrogen) atoms. The lowest BCUT2D eigenvalue weighted by atomic mass is 9.90. The summed E-state index contributed by atoms with van der Waals surface area (Å²) in [6.07, 6.45) is 3.61. The number of ketones is 2. The Morgan fingerprint density at radius 1 is 0.794 bits per heavy atom. The van der Waals surface area contributed by atoms with Crippen LogP contribution in [0.5, 0.6) is 0 Å². The summed E-state index contributed by atoms with van der Waals surface area (Å²) in [5, 5.41) is 22.7. The second-order valence-corrected chi connectivity index (χ2v) is 10.9. The zero-order valence-corrected chi connectivity index (χ0v) is 22.5. The van der Waals surface area contributed by atoms with Gasteiger partial charge in [-0.15, -0.1) is 0 Å². The Labute approximate surface area is 211 Å². The smallest absolute Gasteiger partial charge is 0.170 e. The average molecular weight is 491 g/mol. The summed E-state index contributed by atoms with van der Waals surface area (Å²) in [5.74, 6) is -0.00364. The number of hydrogen-bond donors (Lipinski definition) is 2. The fraction of sp³-hybridized carbons (Fsp3) is 0.586. The van der Waals surface area contributed by atoms with E-state index >= 15 is 0 Å². The molecular formula is C29H43ClO4. The highest BCUT2D eigenvalue weighted by Crippen LogP contribution is 2.28. The van der Waals surface area contributed by atoms with Crippen molar-refractivity contribution >= 4 is 23.2 Å². The summed E-state index contributed by atoms with van der Waals surface area (Å²) in [5.41, 5.74) is 1.06. The van der Waals surface area contributed by atoms with Crippen LogP contribution in [-0.4, -0.2) is 21.8 Å². The van der Waals surface area contributed by atoms with Gasteiger partial charge in [-0.3, -0.25) is 9.59 Å². The molecule has 0 aliphatic carbocycles. The fourth-order valence-electron chi connectivity index (χ4n) is 3.60. The van der Waals surface area contributed by atoms with Crippen LogP contribution in [0.3, 0.4) is 0 Å². The van der Waals surface area contributed by atoms with Crippen molar-refractivity contribution < 1.29 is 19.8 Å². The summed E-state index contributed by atoms with van der Waals surface area (Å²) in [6, 6.07) is 7.27. The normalized spacial score (nSPS) is 13.4. The number of aliphatic hydroxyl groups excluding tert-OH is 2. The Bertz CT molecular complexity index is 878. The standard InChI is InChI=1S/C29H43ClO4/c1-19(2)10-14-24(25(31)15-11-20(3)4)29(34)28(26(32)16-12-21(5)6)27(33)17-13-22-8-7-9-23(30)18-22/h7-9,18-21,31,34H,10-17H2,1-6H3/b25-24+,29-28-. The van der Waals surface area contributed by atoms with Gasteiger partial charge in [0.15, 0.2) is 11.6 Å². The van der Waals surface area contributed by atoms with Gasteiger partial charge in [-0.05, 0) is 67.6 Å². The zero-order valence-electron chi connectivity index (χ0n) is 21.8. The highest BCUT2D eigenvalue weighted by atomic mass is 35.5. The minimum atomic E-state index is -0.398. The molecule has 0 spiro atoms.